The third-order valence-corrected chi connectivity index (χ3v) is 2.68. The predicted octanol–water partition coefficient (Wildman–Crippen LogP) is 2.08. The number of thiophene rings is 1. The number of nitrogens with two attached hydrogens (primary N) is 1. The molecule has 2 rings (SSSR count). The zero-order chi connectivity index (χ0) is 10.9. The van der Waals surface area contributed by atoms with Gasteiger partial charge in [-0.15, -0.1) is 11.3 Å². The maximum atomic E-state index is 5.87. The highest BCUT2D eigenvalue weighted by molar-refractivity contribution is 7.13. The van der Waals surface area contributed by atoms with Crippen molar-refractivity contribution in [3.05, 3.63) is 23.4 Å². The number of nitrogens with zero attached hydrogens (tertiary/aromatic N) is 2. The van der Waals surface area contributed by atoms with E-state index in [-0.39, 0.29) is 5.54 Å². The van der Waals surface area contributed by atoms with Crippen LogP contribution in [0, 0.1) is 0 Å². The van der Waals surface area contributed by atoms with Crippen LogP contribution < -0.4 is 5.73 Å². The molecule has 0 radical (unpaired) electrons. The van der Waals surface area contributed by atoms with E-state index in [1.54, 1.807) is 11.3 Å². The molecular formula is C10H13N3OS. The van der Waals surface area contributed by atoms with Crippen molar-refractivity contribution in [1.82, 2.24) is 10.1 Å². The van der Waals surface area contributed by atoms with Gasteiger partial charge in [-0.2, -0.15) is 4.98 Å². The van der Waals surface area contributed by atoms with Crippen molar-refractivity contribution in [2.45, 2.75) is 25.8 Å². The van der Waals surface area contributed by atoms with Crippen molar-refractivity contribution < 1.29 is 4.52 Å². The fourth-order valence-electron chi connectivity index (χ4n) is 1.22. The van der Waals surface area contributed by atoms with Crippen LogP contribution in [0.25, 0.3) is 10.7 Å². The lowest BCUT2D eigenvalue weighted by Gasteiger charge is -2.14. The average Bonchev–Trinajstić information content (AvgIpc) is 2.68. The first kappa shape index (κ1) is 10.3. The van der Waals surface area contributed by atoms with Gasteiger partial charge in [0.1, 0.15) is 0 Å². The van der Waals surface area contributed by atoms with Gasteiger partial charge in [-0.25, -0.2) is 0 Å². The summed E-state index contributed by atoms with van der Waals surface area (Å²) in [5.74, 6) is 1.23. The van der Waals surface area contributed by atoms with E-state index >= 15 is 0 Å². The first-order valence-corrected chi connectivity index (χ1v) is 5.58. The number of hydrogen-bond donors (Lipinski definition) is 1. The van der Waals surface area contributed by atoms with Crippen LogP contribution in [0.2, 0.25) is 0 Å². The van der Waals surface area contributed by atoms with E-state index in [0.717, 1.165) is 4.88 Å². The summed E-state index contributed by atoms with van der Waals surface area (Å²) in [7, 11) is 0. The molecule has 15 heavy (non-hydrogen) atoms. The molecule has 2 aromatic rings. The molecular weight excluding hydrogens is 210 g/mol. The molecule has 2 aromatic heterocycles. The molecule has 80 valence electrons. The summed E-state index contributed by atoms with van der Waals surface area (Å²) >= 11 is 1.59. The van der Waals surface area contributed by atoms with Crippen LogP contribution in [0.15, 0.2) is 22.0 Å². The Morgan fingerprint density at radius 2 is 2.33 bits per heavy atom. The highest BCUT2D eigenvalue weighted by Gasteiger charge is 2.17. The zero-order valence-corrected chi connectivity index (χ0v) is 9.54. The summed E-state index contributed by atoms with van der Waals surface area (Å²) in [6.45, 7) is 3.87. The van der Waals surface area contributed by atoms with Gasteiger partial charge in [0.2, 0.25) is 11.7 Å². The van der Waals surface area contributed by atoms with Crippen LogP contribution in [-0.4, -0.2) is 15.7 Å². The highest BCUT2D eigenvalue weighted by atomic mass is 32.1. The molecule has 4 nitrogen and oxygen atoms in total. The topological polar surface area (TPSA) is 64.9 Å². The molecule has 0 aromatic carbocycles. The Kier molecular flexibility index (Phi) is 2.58. The third-order valence-electron chi connectivity index (χ3n) is 1.82. The fraction of sp³-hybridized carbons (Fsp3) is 0.400. The molecule has 0 unspecified atom stereocenters. The van der Waals surface area contributed by atoms with Gasteiger partial charge in [-0.1, -0.05) is 11.2 Å². The molecule has 0 fully saturated rings. The van der Waals surface area contributed by atoms with Crippen LogP contribution in [0.1, 0.15) is 19.7 Å². The maximum Gasteiger partial charge on any atom is 0.228 e. The van der Waals surface area contributed by atoms with Gasteiger partial charge in [0.25, 0.3) is 0 Å². The Morgan fingerprint density at radius 3 is 2.93 bits per heavy atom. The van der Waals surface area contributed by atoms with Crippen molar-refractivity contribution in [2.24, 2.45) is 5.73 Å². The molecule has 0 bridgehead atoms. The van der Waals surface area contributed by atoms with Crippen molar-refractivity contribution in [3.8, 4) is 10.7 Å². The van der Waals surface area contributed by atoms with E-state index in [4.69, 9.17) is 10.3 Å². The van der Waals surface area contributed by atoms with Gasteiger partial charge in [0.15, 0.2) is 0 Å². The van der Waals surface area contributed by atoms with Gasteiger partial charge >= 0.3 is 0 Å². The number of aromatic nitrogens is 2. The Balaban J connectivity index is 2.18. The Hall–Kier alpha value is -1.20. The van der Waals surface area contributed by atoms with Crippen LogP contribution in [0.3, 0.4) is 0 Å². The minimum atomic E-state index is -0.320. The van der Waals surface area contributed by atoms with Crippen molar-refractivity contribution >= 4 is 11.3 Å². The molecule has 0 aliphatic rings. The van der Waals surface area contributed by atoms with Gasteiger partial charge in [0, 0.05) is 12.0 Å². The average molecular weight is 223 g/mol. The van der Waals surface area contributed by atoms with Crippen LogP contribution in [0.4, 0.5) is 0 Å². The van der Waals surface area contributed by atoms with E-state index in [2.05, 4.69) is 10.1 Å². The van der Waals surface area contributed by atoms with E-state index in [9.17, 15) is 0 Å². The second-order valence-electron chi connectivity index (χ2n) is 4.15. The SMILES string of the molecule is CC(C)(N)Cc1nc(-c2cccs2)no1. The Bertz CT molecular complexity index is 428. The second-order valence-corrected chi connectivity index (χ2v) is 5.10. The van der Waals surface area contributed by atoms with E-state index < -0.39 is 0 Å². The van der Waals surface area contributed by atoms with Gasteiger partial charge in [-0.05, 0) is 25.3 Å². The molecule has 0 atom stereocenters. The fourth-order valence-corrected chi connectivity index (χ4v) is 1.87. The first-order valence-electron chi connectivity index (χ1n) is 4.70. The molecule has 0 aliphatic carbocycles. The summed E-state index contributed by atoms with van der Waals surface area (Å²) in [5, 5.41) is 5.90. The summed E-state index contributed by atoms with van der Waals surface area (Å²) in [6.07, 6.45) is 0.589. The largest absolute Gasteiger partial charge is 0.339 e. The zero-order valence-electron chi connectivity index (χ0n) is 8.73. The van der Waals surface area contributed by atoms with Crippen molar-refractivity contribution in [2.75, 3.05) is 0 Å². The number of hydrogen-bond acceptors (Lipinski definition) is 5. The normalized spacial score (nSPS) is 11.9. The van der Waals surface area contributed by atoms with Crippen LogP contribution in [-0.2, 0) is 6.42 Å². The van der Waals surface area contributed by atoms with Gasteiger partial charge < -0.3 is 10.3 Å². The quantitative estimate of drug-likeness (QED) is 0.865. The molecule has 0 saturated carbocycles. The smallest absolute Gasteiger partial charge is 0.228 e. The Labute approximate surface area is 92.1 Å². The monoisotopic (exact) mass is 223 g/mol. The molecule has 0 aliphatic heterocycles. The van der Waals surface area contributed by atoms with E-state index in [1.165, 1.54) is 0 Å². The van der Waals surface area contributed by atoms with Gasteiger partial charge in [-0.3, -0.25) is 0 Å². The maximum absolute atomic E-state index is 5.87. The molecule has 5 heteroatoms. The number of rotatable bonds is 3. The first-order chi connectivity index (χ1) is 7.04. The van der Waals surface area contributed by atoms with Crippen LogP contribution in [0.5, 0.6) is 0 Å². The lowest BCUT2D eigenvalue weighted by atomic mass is 10.0. The predicted molar refractivity (Wildman–Crippen MR) is 59.6 cm³/mol. The molecule has 2 N–H and O–H groups in total. The van der Waals surface area contributed by atoms with E-state index in [1.807, 2.05) is 31.4 Å². The third kappa shape index (κ3) is 2.64. The lowest BCUT2D eigenvalue weighted by molar-refractivity contribution is 0.348. The summed E-state index contributed by atoms with van der Waals surface area (Å²) in [5.41, 5.74) is 5.55. The molecule has 0 saturated heterocycles. The van der Waals surface area contributed by atoms with E-state index in [0.29, 0.717) is 18.1 Å². The van der Waals surface area contributed by atoms with Gasteiger partial charge in [0.05, 0.1) is 4.88 Å². The molecule has 0 spiro atoms. The minimum Gasteiger partial charge on any atom is -0.339 e. The lowest BCUT2D eigenvalue weighted by Crippen LogP contribution is -2.34. The summed E-state index contributed by atoms with van der Waals surface area (Å²) in [4.78, 5) is 5.30. The molecule has 0 amide bonds. The minimum absolute atomic E-state index is 0.320. The van der Waals surface area contributed by atoms with Crippen molar-refractivity contribution in [3.63, 3.8) is 0 Å². The second kappa shape index (κ2) is 3.75. The summed E-state index contributed by atoms with van der Waals surface area (Å²) < 4.78 is 5.13. The Morgan fingerprint density at radius 1 is 1.53 bits per heavy atom. The highest BCUT2D eigenvalue weighted by Crippen LogP contribution is 2.22. The van der Waals surface area contributed by atoms with Crippen LogP contribution >= 0.6 is 11.3 Å². The molecule has 2 heterocycles. The standard InChI is InChI=1S/C10H13N3OS/c1-10(2,11)6-8-12-9(13-14-8)7-4-3-5-15-7/h3-5H,6,11H2,1-2H3. The van der Waals surface area contributed by atoms with Crippen molar-refractivity contribution in [1.29, 1.82) is 0 Å². The summed E-state index contributed by atoms with van der Waals surface area (Å²) in [6, 6.07) is 3.93.